The molecular weight excluding hydrogens is 1590 g/mol. The van der Waals surface area contributed by atoms with E-state index in [1.807, 2.05) is 68.0 Å². The van der Waals surface area contributed by atoms with Gasteiger partial charge in [-0.05, 0) is 251 Å². The average Bonchev–Trinajstić information content (AvgIpc) is 1.43. The number of fused-ring (bicyclic) bond motifs is 8. The van der Waals surface area contributed by atoms with Gasteiger partial charge in [0.2, 0.25) is 0 Å². The first-order chi connectivity index (χ1) is 59.3. The van der Waals surface area contributed by atoms with Crippen molar-refractivity contribution < 1.29 is 28.4 Å². The fraction of sp³-hybridized carbons (Fsp3) is 0.444. The van der Waals surface area contributed by atoms with Crippen molar-refractivity contribution in [3.8, 4) is 115 Å². The summed E-state index contributed by atoms with van der Waals surface area (Å²) in [5, 5.41) is 0. The lowest BCUT2D eigenvalue weighted by Gasteiger charge is -2.24. The number of rotatable bonds is 52. The van der Waals surface area contributed by atoms with Crippen molar-refractivity contribution in [2.75, 3.05) is 39.6 Å². The summed E-state index contributed by atoms with van der Waals surface area (Å²) in [4.78, 5) is 15.2. The van der Waals surface area contributed by atoms with Crippen LogP contribution in [0.5, 0.6) is 34.5 Å². The molecule has 6 aromatic heterocycles. The molecule has 12 aromatic rings. The number of benzene rings is 6. The number of unbranched alkanes of at least 4 members (excludes halogenated alkanes) is 26. The zero-order valence-corrected chi connectivity index (χ0v) is 77.8. The van der Waals surface area contributed by atoms with E-state index in [2.05, 4.69) is 224 Å². The summed E-state index contributed by atoms with van der Waals surface area (Å²) in [7, 11) is 0. The number of thiophene rings is 6. The molecule has 0 amide bonds. The highest BCUT2D eigenvalue weighted by Gasteiger charge is 2.26. The lowest BCUT2D eigenvalue weighted by atomic mass is 9.89. The third-order valence-electron chi connectivity index (χ3n) is 23.2. The van der Waals surface area contributed by atoms with Crippen LogP contribution in [0, 0.1) is 0 Å². The van der Waals surface area contributed by atoms with Gasteiger partial charge in [-0.3, -0.25) is 0 Å². The Labute approximate surface area is 744 Å². The summed E-state index contributed by atoms with van der Waals surface area (Å²) in [6.45, 7) is 17.4. The monoisotopic (exact) mass is 1720 g/mol. The third kappa shape index (κ3) is 26.2. The molecule has 0 radical (unpaired) electrons. The van der Waals surface area contributed by atoms with E-state index in [0.717, 1.165) is 131 Å². The molecular formula is C108H132O6S6. The molecule has 1 aliphatic carbocycles. The van der Waals surface area contributed by atoms with Gasteiger partial charge < -0.3 is 28.4 Å². The Bertz CT molecular complexity index is 4600. The van der Waals surface area contributed by atoms with Gasteiger partial charge in [-0.1, -0.05) is 245 Å². The smallest absolute Gasteiger partial charge is 0.126 e. The van der Waals surface area contributed by atoms with Gasteiger partial charge in [0.15, 0.2) is 0 Å². The minimum atomic E-state index is 0.604. The van der Waals surface area contributed by atoms with E-state index in [4.69, 9.17) is 28.4 Å². The van der Waals surface area contributed by atoms with Crippen LogP contribution in [0.25, 0.3) is 80.8 Å². The van der Waals surface area contributed by atoms with Crippen molar-refractivity contribution in [1.82, 2.24) is 0 Å². The second-order valence-electron chi connectivity index (χ2n) is 33.1. The second kappa shape index (κ2) is 49.0. The van der Waals surface area contributed by atoms with E-state index in [-0.39, 0.29) is 0 Å². The molecule has 636 valence electrons. The molecule has 0 fully saturated rings. The van der Waals surface area contributed by atoms with Gasteiger partial charge in [-0.25, -0.2) is 0 Å². The fourth-order valence-corrected chi connectivity index (χ4v) is 23.0. The van der Waals surface area contributed by atoms with Crippen LogP contribution in [0.4, 0.5) is 0 Å². The molecule has 120 heavy (non-hydrogen) atoms. The number of hydrogen-bond donors (Lipinski definition) is 0. The van der Waals surface area contributed by atoms with E-state index >= 15 is 0 Å². The largest absolute Gasteiger partial charge is 0.494 e. The molecule has 0 atom stereocenters. The van der Waals surface area contributed by atoms with Crippen molar-refractivity contribution in [1.29, 1.82) is 0 Å². The van der Waals surface area contributed by atoms with Crippen molar-refractivity contribution >= 4 is 68.0 Å². The lowest BCUT2D eigenvalue weighted by molar-refractivity contribution is 0.304. The van der Waals surface area contributed by atoms with Gasteiger partial charge in [0, 0.05) is 84.2 Å². The molecule has 0 spiro atoms. The quantitative estimate of drug-likeness (QED) is 0.0354. The van der Waals surface area contributed by atoms with Crippen LogP contribution in [0.15, 0.2) is 182 Å². The molecule has 6 aromatic carbocycles. The molecule has 1 aliphatic rings. The summed E-state index contributed by atoms with van der Waals surface area (Å²) in [6, 6.07) is 68.4. The van der Waals surface area contributed by atoms with Crippen LogP contribution in [0.2, 0.25) is 0 Å². The molecule has 0 saturated heterocycles. The normalized spacial score (nSPS) is 12.1. The van der Waals surface area contributed by atoms with Crippen LogP contribution in [0.3, 0.4) is 0 Å². The van der Waals surface area contributed by atoms with E-state index in [9.17, 15) is 0 Å². The standard InChI is InChI=1S/C108H132O6S6/c1-7-13-15-17-19-21-23-25-27-29-31-33-35-37-69-109-91-49-45-79(46-50-91)93-53-57-97(115-93)101-61-63-103(119-101)99-59-55-95(117-99)85-75-87-71-81-41-39-43-83(105(81)111-65-9-3)73-89-77-86(78-90(108(89)114-68-12-6)74-84-44-40-42-82(106(84)112-66-10-4)72-88(76-85)107(87)113-67-11-5)96-56-60-100(118-96)104-64-62-102(120-104)98-58-54-94(116-98)80-47-51-92(52-48-80)110-70-38-36-34-32-30-28-26-24-22-20-18-16-14-8-2/h39-64,75-78H,7-38,65-74H2,1-6H3. The first-order valence-corrected chi connectivity index (χ1v) is 51.3. The number of hydrogen-bond acceptors (Lipinski definition) is 12. The highest BCUT2D eigenvalue weighted by atomic mass is 32.1. The highest BCUT2D eigenvalue weighted by molar-refractivity contribution is 7.28. The maximum Gasteiger partial charge on any atom is 0.126 e. The SMILES string of the molecule is CCCCCCCCCCCCCCCCOc1ccc(-c2ccc(-c3ccc(-c4ccc(-c5cc6c(OCCC)c(c5)Cc5cccc(c5OCCC)Cc5cc(-c7ccc(-c8ccc(-c9ccc(-c%10ccc(OCCCCCCCCCCCCCCCC)cc%10)s9)s8)s7)cc(c5OCCC)Cc5cccc(c5OCCC)C6)s4)s3)s2)cc1. The molecule has 6 heterocycles. The van der Waals surface area contributed by atoms with Crippen LogP contribution >= 0.6 is 68.0 Å². The molecule has 0 aliphatic heterocycles. The molecule has 13 rings (SSSR count). The lowest BCUT2D eigenvalue weighted by Crippen LogP contribution is -2.10. The van der Waals surface area contributed by atoms with Crippen molar-refractivity contribution in [2.45, 2.75) is 273 Å². The molecule has 12 heteroatoms. The Morgan fingerprint density at radius 2 is 0.392 bits per heavy atom. The Hall–Kier alpha value is -7.68. The maximum atomic E-state index is 7.09. The van der Waals surface area contributed by atoms with Crippen molar-refractivity contribution in [2.24, 2.45) is 0 Å². The van der Waals surface area contributed by atoms with Gasteiger partial charge in [-0.2, -0.15) is 0 Å². The predicted octanol–water partition coefficient (Wildman–Crippen LogP) is 34.9. The Balaban J connectivity index is 0.703. The summed E-state index contributed by atoms with van der Waals surface area (Å²) in [6.07, 6.45) is 44.2. The van der Waals surface area contributed by atoms with Gasteiger partial charge in [-0.15, -0.1) is 68.0 Å². The Morgan fingerprint density at radius 3 is 0.633 bits per heavy atom. The fourth-order valence-electron chi connectivity index (χ4n) is 16.6. The molecule has 0 N–H and O–H groups in total. The zero-order valence-electron chi connectivity index (χ0n) is 72.9. The zero-order chi connectivity index (χ0) is 82.7. The molecule has 8 bridgehead atoms. The van der Waals surface area contributed by atoms with Crippen LogP contribution < -0.4 is 28.4 Å². The minimum Gasteiger partial charge on any atom is -0.494 e. The third-order valence-corrected chi connectivity index (χ3v) is 30.6. The molecule has 0 saturated carbocycles. The van der Waals surface area contributed by atoms with Crippen molar-refractivity contribution in [3.63, 3.8) is 0 Å². The topological polar surface area (TPSA) is 55.4 Å². The van der Waals surface area contributed by atoms with Crippen LogP contribution in [-0.2, 0) is 25.7 Å². The first kappa shape index (κ1) is 90.1. The summed E-state index contributed by atoms with van der Waals surface area (Å²) in [5.74, 6) is 5.72. The minimum absolute atomic E-state index is 0.604. The summed E-state index contributed by atoms with van der Waals surface area (Å²) >= 11 is 11.2. The van der Waals surface area contributed by atoms with Gasteiger partial charge in [0.05, 0.1) is 39.6 Å². The average molecular weight is 1720 g/mol. The van der Waals surface area contributed by atoms with Crippen LogP contribution in [0.1, 0.15) is 292 Å². The summed E-state index contributed by atoms with van der Waals surface area (Å²) in [5.41, 5.74) is 14.0. The second-order valence-corrected chi connectivity index (χ2v) is 39.6. The first-order valence-electron chi connectivity index (χ1n) is 46.4. The number of para-hydroxylation sites is 2. The predicted molar refractivity (Wildman–Crippen MR) is 523 cm³/mol. The highest BCUT2D eigenvalue weighted by Crippen LogP contribution is 2.49. The van der Waals surface area contributed by atoms with Gasteiger partial charge in [0.1, 0.15) is 34.5 Å². The number of ether oxygens (including phenoxy) is 6. The van der Waals surface area contributed by atoms with E-state index < -0.39 is 0 Å². The Kier molecular flexibility index (Phi) is 36.8. The Morgan fingerprint density at radius 1 is 0.183 bits per heavy atom. The van der Waals surface area contributed by atoms with E-state index in [1.165, 1.54) is 248 Å². The molecule has 6 nitrogen and oxygen atoms in total. The van der Waals surface area contributed by atoms with Crippen LogP contribution in [-0.4, -0.2) is 39.6 Å². The van der Waals surface area contributed by atoms with Gasteiger partial charge in [0.25, 0.3) is 0 Å². The summed E-state index contributed by atoms with van der Waals surface area (Å²) < 4.78 is 40.8. The van der Waals surface area contributed by atoms with Gasteiger partial charge >= 0.3 is 0 Å². The van der Waals surface area contributed by atoms with Crippen molar-refractivity contribution in [3.05, 3.63) is 226 Å². The molecule has 0 unspecified atom stereocenters. The maximum absolute atomic E-state index is 7.09. The van der Waals surface area contributed by atoms with E-state index in [1.54, 1.807) is 0 Å². The van der Waals surface area contributed by atoms with E-state index in [0.29, 0.717) is 52.1 Å².